The lowest BCUT2D eigenvalue weighted by molar-refractivity contribution is -0.189. The maximum Gasteiger partial charge on any atom is 0.355 e. The monoisotopic (exact) mass is 931 g/mol. The molecule has 0 saturated carbocycles. The molecule has 2 aromatic heterocycles. The molecule has 1 unspecified atom stereocenters. The van der Waals surface area contributed by atoms with Crippen molar-refractivity contribution in [1.29, 1.82) is 0 Å². The number of nitrogens with one attached hydrogen (secondary N) is 2. The standard InChI is InChI=1S/C52H65N7O9/c1-10-15-42(60)57-25-22-51(65,30-57)48(63)56(8)44(32(3)4)46(61)54-40-27-34-16-12-17-35(26-34)36-19-20-41-38(28-36)39(45(58(41)11-2)37-18-13-23-53-43(37)33(5)67-9)29-50(6,7)31-68-49(64)52(66)21-14-24-59(55-52)47(40)62/h12-13,16-20,23,26,28,32-33,40,44,55,65-66H,11,14,21-22,24-25,27,29-31H2,1-9H3,(H,54,61)/t33-,40-,44-,51?,52-/m0/s1. The number of nitrogens with zero attached hydrogens (tertiary/aromatic N) is 5. The molecule has 0 spiro atoms. The number of carbonyl (C=O) groups is 5. The zero-order valence-corrected chi connectivity index (χ0v) is 40.6. The number of rotatable bonds is 9. The molecule has 7 rings (SSSR count). The Morgan fingerprint density at radius 2 is 1.79 bits per heavy atom. The Labute approximate surface area is 398 Å². The normalized spacial score (nSPS) is 22.7. The quantitative estimate of drug-likeness (QED) is 0.136. The number of likely N-dealkylation sites (N-methyl/N-ethyl adjacent to an activating group) is 1. The van der Waals surface area contributed by atoms with Crippen molar-refractivity contribution in [3.8, 4) is 34.2 Å². The van der Waals surface area contributed by atoms with Crippen LogP contribution in [0.5, 0.6) is 0 Å². The van der Waals surface area contributed by atoms with Crippen LogP contribution in [-0.2, 0) is 52.8 Å². The minimum atomic E-state index is -2.26. The van der Waals surface area contributed by atoms with Crippen molar-refractivity contribution in [2.24, 2.45) is 11.3 Å². The van der Waals surface area contributed by atoms with Crippen LogP contribution < -0.4 is 10.7 Å². The molecule has 4 amide bonds. The van der Waals surface area contributed by atoms with Crippen LogP contribution in [0.1, 0.15) is 90.7 Å². The summed E-state index contributed by atoms with van der Waals surface area (Å²) in [6, 6.07) is 15.7. The first kappa shape index (κ1) is 49.8. The minimum absolute atomic E-state index is 0.000922. The molecule has 4 N–H and O–H groups in total. The molecule has 16 heteroatoms. The second-order valence-corrected chi connectivity index (χ2v) is 19.6. The smallest absolute Gasteiger partial charge is 0.355 e. The first-order chi connectivity index (χ1) is 32.2. The predicted octanol–water partition coefficient (Wildman–Crippen LogP) is 4.54. The minimum Gasteiger partial charge on any atom is -0.462 e. The van der Waals surface area contributed by atoms with Gasteiger partial charge < -0.3 is 39.4 Å². The maximum atomic E-state index is 14.8. The highest BCUT2D eigenvalue weighted by molar-refractivity contribution is 5.98. The Bertz CT molecular complexity index is 2670. The molecule has 16 nitrogen and oxygen atoms in total. The molecular weight excluding hydrogens is 867 g/mol. The van der Waals surface area contributed by atoms with Crippen LogP contribution in [0.2, 0.25) is 0 Å². The summed E-state index contributed by atoms with van der Waals surface area (Å²) in [7, 11) is 3.08. The molecule has 5 heterocycles. The van der Waals surface area contributed by atoms with E-state index in [0.29, 0.717) is 18.5 Å². The number of aromatic nitrogens is 2. The van der Waals surface area contributed by atoms with Gasteiger partial charge in [-0.2, -0.15) is 5.43 Å². The van der Waals surface area contributed by atoms with Gasteiger partial charge in [-0.3, -0.25) is 29.2 Å². The number of benzene rings is 2. The number of amides is 4. The number of hydrogen-bond acceptors (Lipinski definition) is 11. The highest BCUT2D eigenvalue weighted by atomic mass is 16.6. The summed E-state index contributed by atoms with van der Waals surface area (Å²) in [5.41, 5.74) is 5.15. The van der Waals surface area contributed by atoms with Crippen molar-refractivity contribution in [2.75, 3.05) is 40.4 Å². The van der Waals surface area contributed by atoms with Gasteiger partial charge in [0.1, 0.15) is 12.1 Å². The molecule has 2 saturated heterocycles. The van der Waals surface area contributed by atoms with Gasteiger partial charge in [0.25, 0.3) is 17.7 Å². The molecule has 362 valence electrons. The van der Waals surface area contributed by atoms with Crippen LogP contribution in [0.4, 0.5) is 0 Å². The molecule has 2 fully saturated rings. The highest BCUT2D eigenvalue weighted by Crippen LogP contribution is 2.42. The summed E-state index contributed by atoms with van der Waals surface area (Å²) in [6.45, 7) is 13.7. The summed E-state index contributed by atoms with van der Waals surface area (Å²) >= 11 is 0. The van der Waals surface area contributed by atoms with E-state index in [9.17, 15) is 34.2 Å². The number of methoxy groups -OCH3 is 1. The molecule has 2 aromatic carbocycles. The lowest BCUT2D eigenvalue weighted by atomic mass is 9.84. The van der Waals surface area contributed by atoms with Crippen molar-refractivity contribution in [2.45, 2.75) is 117 Å². The Kier molecular flexibility index (Phi) is 14.5. The van der Waals surface area contributed by atoms with Crippen molar-refractivity contribution >= 4 is 40.5 Å². The third kappa shape index (κ3) is 9.89. The lowest BCUT2D eigenvalue weighted by Crippen LogP contribution is -2.67. The number of hydrogen-bond donors (Lipinski definition) is 4. The predicted molar refractivity (Wildman–Crippen MR) is 256 cm³/mol. The molecule has 68 heavy (non-hydrogen) atoms. The molecular formula is C52H65N7O9. The number of hydrazine groups is 1. The van der Waals surface area contributed by atoms with E-state index in [4.69, 9.17) is 14.5 Å². The van der Waals surface area contributed by atoms with Gasteiger partial charge in [0.15, 0.2) is 5.60 Å². The second-order valence-electron chi connectivity index (χ2n) is 19.6. The molecule has 0 aliphatic carbocycles. The number of β-amino-alcohol motifs (C(OH)–C–C–N with tert-alkyl or cyclic N) is 1. The number of aryl methyl sites for hydroxylation is 1. The molecule has 6 bridgehead atoms. The van der Waals surface area contributed by atoms with E-state index in [1.807, 2.05) is 51.1 Å². The third-order valence-electron chi connectivity index (χ3n) is 13.5. The van der Waals surface area contributed by atoms with Crippen molar-refractivity contribution in [3.05, 3.63) is 77.6 Å². The van der Waals surface area contributed by atoms with Gasteiger partial charge in [-0.25, -0.2) is 4.79 Å². The number of pyridine rings is 1. The van der Waals surface area contributed by atoms with Crippen molar-refractivity contribution < 1.29 is 43.7 Å². The van der Waals surface area contributed by atoms with E-state index in [1.54, 1.807) is 27.2 Å². The van der Waals surface area contributed by atoms with Crippen LogP contribution in [0.3, 0.4) is 0 Å². The fourth-order valence-corrected chi connectivity index (χ4v) is 9.99. The number of ether oxygens (including phenoxy) is 2. The van der Waals surface area contributed by atoms with Crippen molar-refractivity contribution in [1.82, 2.24) is 35.1 Å². The van der Waals surface area contributed by atoms with Crippen LogP contribution in [0.15, 0.2) is 60.8 Å². The number of esters is 1. The summed E-state index contributed by atoms with van der Waals surface area (Å²) in [5.74, 6) is 1.04. The number of likely N-dealkylation sites (tertiary alicyclic amines) is 1. The van der Waals surface area contributed by atoms with E-state index >= 15 is 0 Å². The largest absolute Gasteiger partial charge is 0.462 e. The molecule has 0 radical (unpaired) electrons. The number of fused-ring (bicyclic) bond motifs is 6. The highest BCUT2D eigenvalue weighted by Gasteiger charge is 2.49. The number of cyclic esters (lactones) is 1. The van der Waals surface area contributed by atoms with Gasteiger partial charge in [-0.1, -0.05) is 63.9 Å². The van der Waals surface area contributed by atoms with Crippen LogP contribution in [0.25, 0.3) is 33.3 Å². The van der Waals surface area contributed by atoms with E-state index in [0.717, 1.165) is 49.6 Å². The van der Waals surface area contributed by atoms with Gasteiger partial charge >= 0.3 is 5.97 Å². The Morgan fingerprint density at radius 3 is 2.50 bits per heavy atom. The van der Waals surface area contributed by atoms with Gasteiger partial charge in [0.05, 0.1) is 30.6 Å². The van der Waals surface area contributed by atoms with Gasteiger partial charge in [0, 0.05) is 81.1 Å². The lowest BCUT2D eigenvalue weighted by Gasteiger charge is -2.40. The Balaban J connectivity index is 1.30. The first-order valence-corrected chi connectivity index (χ1v) is 23.5. The maximum absolute atomic E-state index is 14.8. The van der Waals surface area contributed by atoms with Gasteiger partial charge in [0.2, 0.25) is 11.6 Å². The van der Waals surface area contributed by atoms with Gasteiger partial charge in [-0.15, -0.1) is 0 Å². The molecule has 5 atom stereocenters. The summed E-state index contributed by atoms with van der Waals surface area (Å²) < 4.78 is 14.0. The Morgan fingerprint density at radius 1 is 1.04 bits per heavy atom. The van der Waals surface area contributed by atoms with Gasteiger partial charge in [-0.05, 0) is 92.0 Å². The fourth-order valence-electron chi connectivity index (χ4n) is 9.99. The topological polar surface area (TPSA) is 196 Å². The number of aliphatic hydroxyl groups is 2. The van der Waals surface area contributed by atoms with E-state index < -0.39 is 64.3 Å². The van der Waals surface area contributed by atoms with E-state index in [2.05, 4.69) is 58.3 Å². The van der Waals surface area contributed by atoms with Crippen LogP contribution in [0, 0.1) is 23.2 Å². The molecule has 3 aliphatic rings. The van der Waals surface area contributed by atoms with Crippen LogP contribution in [-0.4, -0.2) is 128 Å². The van der Waals surface area contributed by atoms with E-state index in [-0.39, 0.29) is 58.0 Å². The second kappa shape index (κ2) is 19.8. The molecule has 3 aliphatic heterocycles. The third-order valence-corrected chi connectivity index (χ3v) is 13.5. The summed E-state index contributed by atoms with van der Waals surface area (Å²) in [6.07, 6.45) is 2.11. The summed E-state index contributed by atoms with van der Waals surface area (Å²) in [4.78, 5) is 77.1. The average molecular weight is 932 g/mol. The average Bonchev–Trinajstić information content (AvgIpc) is 3.87. The summed E-state index contributed by atoms with van der Waals surface area (Å²) in [5, 5.41) is 28.5. The zero-order chi connectivity index (χ0) is 49.3. The first-order valence-electron chi connectivity index (χ1n) is 23.5. The fraction of sp³-hybridized carbons (Fsp3) is 0.500. The zero-order valence-electron chi connectivity index (χ0n) is 40.6. The number of carbonyl (C=O) groups excluding carboxylic acids is 5. The Hall–Kier alpha value is -6.12. The molecule has 4 aromatic rings. The van der Waals surface area contributed by atoms with Crippen LogP contribution >= 0.6 is 0 Å². The van der Waals surface area contributed by atoms with Crippen molar-refractivity contribution in [3.63, 3.8) is 0 Å². The van der Waals surface area contributed by atoms with E-state index in [1.165, 1.54) is 23.8 Å². The SMILES string of the molecule is CC#CC(=O)N1CCC(O)(C(=O)N(C)[C@H](C(=O)N[C@H]2Cc3cccc(c3)-c3ccc4c(c3)c(c(-c3cccnc3[C@H](C)OC)n4CC)CC(C)(C)COC(=O)[C@@]3(O)CCCN(N3)C2=O)C(C)C)C1.